The molecule has 0 aliphatic heterocycles. The summed E-state index contributed by atoms with van der Waals surface area (Å²) in [7, 11) is 1.58. The van der Waals surface area contributed by atoms with E-state index in [0.29, 0.717) is 5.56 Å². The summed E-state index contributed by atoms with van der Waals surface area (Å²) in [5.41, 5.74) is 0.927. The molecule has 1 rings (SSSR count). The molecule has 4 heteroatoms. The van der Waals surface area contributed by atoms with Crippen molar-refractivity contribution in [2.45, 2.75) is 13.0 Å². The zero-order valence-electron chi connectivity index (χ0n) is 8.14. The monoisotopic (exact) mass is 195 g/mol. The van der Waals surface area contributed by atoms with Crippen molar-refractivity contribution in [2.75, 3.05) is 7.11 Å². The topological polar surface area (TPSA) is 62.0 Å². The molecule has 0 radical (unpaired) electrons. The lowest BCUT2D eigenvalue weighted by atomic mass is 10.1. The average molecular weight is 195 g/mol. The van der Waals surface area contributed by atoms with Gasteiger partial charge < -0.3 is 15.1 Å². The Bertz CT molecular complexity index is 319. The number of oxime groups is 1. The van der Waals surface area contributed by atoms with E-state index in [1.807, 2.05) is 0 Å². The van der Waals surface area contributed by atoms with Gasteiger partial charge in [0.15, 0.2) is 0 Å². The van der Waals surface area contributed by atoms with Gasteiger partial charge in [0.1, 0.15) is 11.9 Å². The minimum atomic E-state index is -0.870. The maximum atomic E-state index is 9.62. The van der Waals surface area contributed by atoms with Gasteiger partial charge in [0, 0.05) is 0 Å². The summed E-state index contributed by atoms with van der Waals surface area (Å²) in [5.74, 6) is 0.722. The van der Waals surface area contributed by atoms with Crippen LogP contribution in [0.25, 0.3) is 0 Å². The Balaban J connectivity index is 2.86. The largest absolute Gasteiger partial charge is 0.497 e. The van der Waals surface area contributed by atoms with Crippen LogP contribution in [0.1, 0.15) is 18.6 Å². The fourth-order valence-electron chi connectivity index (χ4n) is 1.08. The van der Waals surface area contributed by atoms with E-state index in [1.54, 1.807) is 38.3 Å². The molecule has 76 valence electrons. The van der Waals surface area contributed by atoms with E-state index < -0.39 is 6.10 Å². The Morgan fingerprint density at radius 1 is 1.36 bits per heavy atom. The van der Waals surface area contributed by atoms with Crippen molar-refractivity contribution >= 4 is 5.71 Å². The molecular weight excluding hydrogens is 182 g/mol. The number of ether oxygens (including phenoxy) is 1. The third kappa shape index (κ3) is 2.23. The first-order valence-corrected chi connectivity index (χ1v) is 4.19. The van der Waals surface area contributed by atoms with Crippen molar-refractivity contribution in [1.82, 2.24) is 0 Å². The molecular formula is C10H13NO3. The molecule has 0 bridgehead atoms. The molecule has 0 aliphatic rings. The second kappa shape index (κ2) is 4.62. The molecule has 0 saturated carbocycles. The third-order valence-corrected chi connectivity index (χ3v) is 1.98. The van der Waals surface area contributed by atoms with Crippen LogP contribution in [0.5, 0.6) is 5.75 Å². The minimum Gasteiger partial charge on any atom is -0.497 e. The molecule has 0 aliphatic carbocycles. The number of hydrogen-bond donors (Lipinski definition) is 2. The number of aliphatic hydroxyl groups excluding tert-OH is 1. The first kappa shape index (κ1) is 10.5. The minimum absolute atomic E-state index is 0.259. The standard InChI is InChI=1S/C10H13NO3/c1-7(11-13)10(12)8-3-5-9(14-2)6-4-8/h3-6,10,12-13H,1-2H3/b11-7+. The van der Waals surface area contributed by atoms with Gasteiger partial charge in [0.2, 0.25) is 0 Å². The smallest absolute Gasteiger partial charge is 0.120 e. The number of nitrogens with zero attached hydrogens (tertiary/aromatic N) is 1. The lowest BCUT2D eigenvalue weighted by molar-refractivity contribution is 0.234. The van der Waals surface area contributed by atoms with Crippen LogP contribution in [-0.4, -0.2) is 23.1 Å². The lowest BCUT2D eigenvalue weighted by Gasteiger charge is -2.09. The first-order chi connectivity index (χ1) is 6.69. The van der Waals surface area contributed by atoms with E-state index >= 15 is 0 Å². The molecule has 2 N–H and O–H groups in total. The van der Waals surface area contributed by atoms with Gasteiger partial charge in [-0.25, -0.2) is 0 Å². The Kier molecular flexibility index (Phi) is 3.48. The second-order valence-electron chi connectivity index (χ2n) is 2.92. The molecule has 14 heavy (non-hydrogen) atoms. The zero-order chi connectivity index (χ0) is 10.6. The number of methoxy groups -OCH3 is 1. The van der Waals surface area contributed by atoms with Crippen molar-refractivity contribution in [3.63, 3.8) is 0 Å². The van der Waals surface area contributed by atoms with Crippen molar-refractivity contribution in [3.8, 4) is 5.75 Å². The number of rotatable bonds is 3. The number of benzene rings is 1. The molecule has 1 aromatic rings. The summed E-state index contributed by atoms with van der Waals surface area (Å²) in [6.07, 6.45) is -0.870. The molecule has 0 spiro atoms. The van der Waals surface area contributed by atoms with Gasteiger partial charge in [-0.05, 0) is 24.6 Å². The molecule has 0 amide bonds. The SMILES string of the molecule is COc1ccc(C(O)/C(C)=N/O)cc1. The van der Waals surface area contributed by atoms with E-state index in [2.05, 4.69) is 5.16 Å². The van der Waals surface area contributed by atoms with E-state index in [0.717, 1.165) is 5.75 Å². The fourth-order valence-corrected chi connectivity index (χ4v) is 1.08. The summed E-state index contributed by atoms with van der Waals surface area (Å²) in [6, 6.07) is 6.92. The molecule has 0 heterocycles. The summed E-state index contributed by atoms with van der Waals surface area (Å²) < 4.78 is 4.97. The lowest BCUT2D eigenvalue weighted by Crippen LogP contribution is -2.07. The van der Waals surface area contributed by atoms with Gasteiger partial charge >= 0.3 is 0 Å². The maximum Gasteiger partial charge on any atom is 0.120 e. The van der Waals surface area contributed by atoms with Gasteiger partial charge in [-0.15, -0.1) is 0 Å². The molecule has 0 saturated heterocycles. The van der Waals surface area contributed by atoms with Crippen LogP contribution in [0.3, 0.4) is 0 Å². The van der Waals surface area contributed by atoms with Crippen molar-refractivity contribution < 1.29 is 15.1 Å². The molecule has 4 nitrogen and oxygen atoms in total. The van der Waals surface area contributed by atoms with E-state index in [9.17, 15) is 5.11 Å². The van der Waals surface area contributed by atoms with Gasteiger partial charge in [-0.1, -0.05) is 17.3 Å². The fraction of sp³-hybridized carbons (Fsp3) is 0.300. The van der Waals surface area contributed by atoms with Gasteiger partial charge in [-0.2, -0.15) is 0 Å². The van der Waals surface area contributed by atoms with E-state index in [1.165, 1.54) is 0 Å². The first-order valence-electron chi connectivity index (χ1n) is 4.19. The maximum absolute atomic E-state index is 9.62. The highest BCUT2D eigenvalue weighted by Crippen LogP contribution is 2.18. The molecule has 0 aromatic heterocycles. The Labute approximate surface area is 82.4 Å². The van der Waals surface area contributed by atoms with Gasteiger partial charge in [0.05, 0.1) is 12.8 Å². The van der Waals surface area contributed by atoms with Gasteiger partial charge in [0.25, 0.3) is 0 Å². The average Bonchev–Trinajstić information content (AvgIpc) is 2.27. The van der Waals surface area contributed by atoms with Crippen molar-refractivity contribution in [2.24, 2.45) is 5.16 Å². The molecule has 1 aromatic carbocycles. The van der Waals surface area contributed by atoms with Crippen LogP contribution in [0.2, 0.25) is 0 Å². The number of hydrogen-bond acceptors (Lipinski definition) is 4. The van der Waals surface area contributed by atoms with Crippen LogP contribution in [0.15, 0.2) is 29.4 Å². The van der Waals surface area contributed by atoms with Crippen LogP contribution in [-0.2, 0) is 0 Å². The highest BCUT2D eigenvalue weighted by Gasteiger charge is 2.10. The summed E-state index contributed by atoms with van der Waals surface area (Å²) in [6.45, 7) is 1.55. The van der Waals surface area contributed by atoms with Crippen molar-refractivity contribution in [3.05, 3.63) is 29.8 Å². The molecule has 1 atom stereocenters. The second-order valence-corrected chi connectivity index (χ2v) is 2.92. The van der Waals surface area contributed by atoms with Gasteiger partial charge in [-0.3, -0.25) is 0 Å². The molecule has 0 fully saturated rings. The Hall–Kier alpha value is -1.55. The summed E-state index contributed by atoms with van der Waals surface area (Å²) in [5, 5.41) is 21.0. The predicted molar refractivity (Wildman–Crippen MR) is 52.8 cm³/mol. The van der Waals surface area contributed by atoms with Crippen LogP contribution < -0.4 is 4.74 Å². The van der Waals surface area contributed by atoms with Crippen LogP contribution in [0, 0.1) is 0 Å². The quantitative estimate of drug-likeness (QED) is 0.437. The van der Waals surface area contributed by atoms with E-state index in [4.69, 9.17) is 9.94 Å². The summed E-state index contributed by atoms with van der Waals surface area (Å²) in [4.78, 5) is 0. The van der Waals surface area contributed by atoms with E-state index in [-0.39, 0.29) is 5.71 Å². The molecule has 1 unspecified atom stereocenters. The van der Waals surface area contributed by atoms with Crippen molar-refractivity contribution in [1.29, 1.82) is 0 Å². The highest BCUT2D eigenvalue weighted by atomic mass is 16.5. The Morgan fingerprint density at radius 2 is 1.93 bits per heavy atom. The Morgan fingerprint density at radius 3 is 2.36 bits per heavy atom. The summed E-state index contributed by atoms with van der Waals surface area (Å²) >= 11 is 0. The normalized spacial score (nSPS) is 13.8. The number of aliphatic hydroxyl groups is 1. The van der Waals surface area contributed by atoms with Crippen LogP contribution in [0.4, 0.5) is 0 Å². The highest BCUT2D eigenvalue weighted by molar-refractivity contribution is 5.86. The third-order valence-electron chi connectivity index (χ3n) is 1.98. The van der Waals surface area contributed by atoms with Crippen LogP contribution >= 0.6 is 0 Å². The predicted octanol–water partition coefficient (Wildman–Crippen LogP) is 1.58. The zero-order valence-corrected chi connectivity index (χ0v) is 8.14.